The maximum absolute atomic E-state index is 12.1. The SMILES string of the molecule is CCC[C@H](NC(=O)N1CCC(C)C(OC)C1)C(=O)O. The number of nitrogens with zero attached hydrogens (tertiary/aromatic N) is 1. The van der Waals surface area contributed by atoms with Crippen LogP contribution in [0.15, 0.2) is 0 Å². The Morgan fingerprint density at radius 3 is 2.74 bits per heavy atom. The molecule has 0 aromatic rings. The number of rotatable bonds is 5. The molecule has 0 saturated carbocycles. The second-order valence-corrected chi connectivity index (χ2v) is 5.12. The van der Waals surface area contributed by atoms with Gasteiger partial charge in [0.05, 0.1) is 6.10 Å². The Balaban J connectivity index is 2.55. The first kappa shape index (κ1) is 15.8. The van der Waals surface area contributed by atoms with Gasteiger partial charge in [0.2, 0.25) is 0 Å². The molecule has 0 aromatic carbocycles. The molecule has 110 valence electrons. The number of hydrogen-bond acceptors (Lipinski definition) is 3. The minimum Gasteiger partial charge on any atom is -0.480 e. The van der Waals surface area contributed by atoms with Gasteiger partial charge in [0.25, 0.3) is 0 Å². The van der Waals surface area contributed by atoms with Crippen LogP contribution < -0.4 is 5.32 Å². The van der Waals surface area contributed by atoms with Crippen molar-refractivity contribution in [2.45, 2.75) is 45.3 Å². The smallest absolute Gasteiger partial charge is 0.326 e. The van der Waals surface area contributed by atoms with Gasteiger partial charge in [0.15, 0.2) is 0 Å². The maximum Gasteiger partial charge on any atom is 0.326 e. The number of urea groups is 1. The number of hydrogen-bond donors (Lipinski definition) is 2. The van der Waals surface area contributed by atoms with Crippen molar-refractivity contribution in [1.82, 2.24) is 10.2 Å². The summed E-state index contributed by atoms with van der Waals surface area (Å²) in [6.07, 6.45) is 2.06. The quantitative estimate of drug-likeness (QED) is 0.791. The highest BCUT2D eigenvalue weighted by Crippen LogP contribution is 2.19. The van der Waals surface area contributed by atoms with E-state index in [9.17, 15) is 9.59 Å². The van der Waals surface area contributed by atoms with Crippen molar-refractivity contribution in [3.8, 4) is 0 Å². The molecule has 0 aliphatic carbocycles. The molecule has 1 aliphatic heterocycles. The molecule has 1 aliphatic rings. The molecule has 6 nitrogen and oxygen atoms in total. The molecular weight excluding hydrogens is 248 g/mol. The fourth-order valence-corrected chi connectivity index (χ4v) is 2.31. The number of amides is 2. The number of piperidine rings is 1. The van der Waals surface area contributed by atoms with Crippen LogP contribution in [0.1, 0.15) is 33.1 Å². The average Bonchev–Trinajstić information content (AvgIpc) is 2.38. The van der Waals surface area contributed by atoms with E-state index in [0.717, 1.165) is 12.8 Å². The summed E-state index contributed by atoms with van der Waals surface area (Å²) >= 11 is 0. The van der Waals surface area contributed by atoms with Gasteiger partial charge in [-0.3, -0.25) is 0 Å². The zero-order valence-corrected chi connectivity index (χ0v) is 11.9. The van der Waals surface area contributed by atoms with E-state index in [-0.39, 0.29) is 12.1 Å². The van der Waals surface area contributed by atoms with Crippen LogP contribution >= 0.6 is 0 Å². The van der Waals surface area contributed by atoms with Crippen molar-refractivity contribution in [2.75, 3.05) is 20.2 Å². The maximum atomic E-state index is 12.1. The lowest BCUT2D eigenvalue weighted by molar-refractivity contribution is -0.139. The number of ether oxygens (including phenoxy) is 1. The number of aliphatic carboxylic acids is 1. The topological polar surface area (TPSA) is 78.9 Å². The molecule has 0 aromatic heterocycles. The van der Waals surface area contributed by atoms with Crippen LogP contribution in [0.5, 0.6) is 0 Å². The van der Waals surface area contributed by atoms with Crippen LogP contribution in [-0.4, -0.2) is 54.4 Å². The van der Waals surface area contributed by atoms with E-state index >= 15 is 0 Å². The Morgan fingerprint density at radius 1 is 1.53 bits per heavy atom. The van der Waals surface area contributed by atoms with Gasteiger partial charge in [-0.15, -0.1) is 0 Å². The standard InChI is InChI=1S/C13H24N2O4/c1-4-5-10(12(16)17)14-13(18)15-7-6-9(2)11(8-15)19-3/h9-11H,4-8H2,1-3H3,(H,14,18)(H,16,17)/t9?,10-,11?/m0/s1. The molecule has 0 bridgehead atoms. The zero-order chi connectivity index (χ0) is 14.4. The summed E-state index contributed by atoms with van der Waals surface area (Å²) in [5, 5.41) is 11.6. The number of carbonyl (C=O) groups excluding carboxylic acids is 1. The van der Waals surface area contributed by atoms with E-state index < -0.39 is 12.0 Å². The minimum atomic E-state index is -0.983. The lowest BCUT2D eigenvalue weighted by Crippen LogP contribution is -2.53. The van der Waals surface area contributed by atoms with Crippen molar-refractivity contribution < 1.29 is 19.4 Å². The summed E-state index contributed by atoms with van der Waals surface area (Å²) in [4.78, 5) is 24.7. The predicted octanol–water partition coefficient (Wildman–Crippen LogP) is 1.31. The molecule has 19 heavy (non-hydrogen) atoms. The summed E-state index contributed by atoms with van der Waals surface area (Å²) in [5.74, 6) is -0.566. The Bertz CT molecular complexity index is 322. The predicted molar refractivity (Wildman–Crippen MR) is 71.0 cm³/mol. The number of methoxy groups -OCH3 is 1. The third-order valence-corrected chi connectivity index (χ3v) is 3.65. The monoisotopic (exact) mass is 272 g/mol. The number of nitrogens with one attached hydrogen (secondary N) is 1. The molecule has 1 fully saturated rings. The van der Waals surface area contributed by atoms with E-state index in [1.54, 1.807) is 12.0 Å². The lowest BCUT2D eigenvalue weighted by Gasteiger charge is -2.36. The fraction of sp³-hybridized carbons (Fsp3) is 0.846. The van der Waals surface area contributed by atoms with Gasteiger partial charge in [0, 0.05) is 20.2 Å². The summed E-state index contributed by atoms with van der Waals surface area (Å²) in [5.41, 5.74) is 0. The van der Waals surface area contributed by atoms with E-state index in [4.69, 9.17) is 9.84 Å². The molecule has 3 atom stereocenters. The van der Waals surface area contributed by atoms with E-state index in [2.05, 4.69) is 12.2 Å². The van der Waals surface area contributed by atoms with Gasteiger partial charge in [-0.25, -0.2) is 9.59 Å². The summed E-state index contributed by atoms with van der Waals surface area (Å²) < 4.78 is 5.35. The van der Waals surface area contributed by atoms with E-state index in [1.165, 1.54) is 0 Å². The Labute approximate surface area is 114 Å². The molecule has 1 heterocycles. The molecule has 1 rings (SSSR count). The Hall–Kier alpha value is -1.30. The zero-order valence-electron chi connectivity index (χ0n) is 11.9. The van der Waals surface area contributed by atoms with Crippen LogP contribution in [0.25, 0.3) is 0 Å². The van der Waals surface area contributed by atoms with Gasteiger partial charge < -0.3 is 20.1 Å². The molecule has 0 spiro atoms. The van der Waals surface area contributed by atoms with E-state index in [1.807, 2.05) is 6.92 Å². The van der Waals surface area contributed by atoms with Crippen LogP contribution in [-0.2, 0) is 9.53 Å². The molecule has 2 N–H and O–H groups in total. The normalized spacial score (nSPS) is 24.9. The first-order valence-electron chi connectivity index (χ1n) is 6.80. The van der Waals surface area contributed by atoms with Crippen molar-refractivity contribution in [2.24, 2.45) is 5.92 Å². The highest BCUT2D eigenvalue weighted by atomic mass is 16.5. The Kier molecular flexibility index (Phi) is 6.08. The number of carboxylic acids is 1. The van der Waals surface area contributed by atoms with Gasteiger partial charge in [0.1, 0.15) is 6.04 Å². The molecular formula is C13H24N2O4. The van der Waals surface area contributed by atoms with Gasteiger partial charge >= 0.3 is 12.0 Å². The summed E-state index contributed by atoms with van der Waals surface area (Å²) in [7, 11) is 1.64. The summed E-state index contributed by atoms with van der Waals surface area (Å²) in [6, 6.07) is -1.12. The molecule has 2 amide bonds. The molecule has 6 heteroatoms. The van der Waals surface area contributed by atoms with Gasteiger partial charge in [-0.1, -0.05) is 20.3 Å². The van der Waals surface area contributed by atoms with Crippen LogP contribution in [0.3, 0.4) is 0 Å². The fourth-order valence-electron chi connectivity index (χ4n) is 2.31. The van der Waals surface area contributed by atoms with Crippen molar-refractivity contribution in [3.05, 3.63) is 0 Å². The van der Waals surface area contributed by atoms with Crippen LogP contribution in [0.2, 0.25) is 0 Å². The number of likely N-dealkylation sites (tertiary alicyclic amines) is 1. The van der Waals surface area contributed by atoms with Gasteiger partial charge in [-0.2, -0.15) is 0 Å². The summed E-state index contributed by atoms with van der Waals surface area (Å²) in [6.45, 7) is 5.15. The van der Waals surface area contributed by atoms with Crippen LogP contribution in [0, 0.1) is 5.92 Å². The number of carbonyl (C=O) groups is 2. The lowest BCUT2D eigenvalue weighted by atomic mass is 9.96. The number of carboxylic acid groups (broad SMARTS) is 1. The largest absolute Gasteiger partial charge is 0.480 e. The minimum absolute atomic E-state index is 0.0222. The third kappa shape index (κ3) is 4.38. The van der Waals surface area contributed by atoms with Gasteiger partial charge in [-0.05, 0) is 18.8 Å². The Morgan fingerprint density at radius 2 is 2.21 bits per heavy atom. The second-order valence-electron chi connectivity index (χ2n) is 5.12. The second kappa shape index (κ2) is 7.33. The first-order valence-corrected chi connectivity index (χ1v) is 6.80. The van der Waals surface area contributed by atoms with Crippen LogP contribution in [0.4, 0.5) is 4.79 Å². The van der Waals surface area contributed by atoms with E-state index in [0.29, 0.717) is 25.4 Å². The molecule has 1 saturated heterocycles. The average molecular weight is 272 g/mol. The third-order valence-electron chi connectivity index (χ3n) is 3.65. The molecule has 2 unspecified atom stereocenters. The van der Waals surface area contributed by atoms with Crippen molar-refractivity contribution in [1.29, 1.82) is 0 Å². The highest BCUT2D eigenvalue weighted by Gasteiger charge is 2.30. The molecule has 0 radical (unpaired) electrons. The van der Waals surface area contributed by atoms with Crippen molar-refractivity contribution in [3.63, 3.8) is 0 Å². The highest BCUT2D eigenvalue weighted by molar-refractivity contribution is 5.82. The van der Waals surface area contributed by atoms with Crippen molar-refractivity contribution >= 4 is 12.0 Å². The first-order chi connectivity index (χ1) is 8.99.